The maximum absolute atomic E-state index is 13.5. The van der Waals surface area contributed by atoms with Gasteiger partial charge in [0, 0.05) is 18.7 Å². The molecule has 0 saturated carbocycles. The van der Waals surface area contributed by atoms with Crippen molar-refractivity contribution < 1.29 is 9.18 Å². The number of halogens is 2. The van der Waals surface area contributed by atoms with Crippen molar-refractivity contribution in [1.82, 2.24) is 4.90 Å². The van der Waals surface area contributed by atoms with E-state index in [1.54, 1.807) is 17.0 Å². The lowest BCUT2D eigenvalue weighted by Crippen LogP contribution is -2.25. The van der Waals surface area contributed by atoms with Crippen molar-refractivity contribution in [2.75, 3.05) is 0 Å². The Morgan fingerprint density at radius 1 is 1.11 bits per heavy atom. The molecule has 19 heavy (non-hydrogen) atoms. The van der Waals surface area contributed by atoms with Gasteiger partial charge in [-0.15, -0.1) is 0 Å². The van der Waals surface area contributed by atoms with Crippen LogP contribution < -0.4 is 0 Å². The molecule has 1 aliphatic heterocycles. The van der Waals surface area contributed by atoms with Gasteiger partial charge in [0.25, 0.3) is 5.91 Å². The van der Waals surface area contributed by atoms with Crippen LogP contribution in [0.4, 0.5) is 4.39 Å². The van der Waals surface area contributed by atoms with Gasteiger partial charge in [0.1, 0.15) is 5.82 Å². The van der Waals surface area contributed by atoms with Crippen molar-refractivity contribution in [3.63, 3.8) is 0 Å². The molecule has 0 saturated heterocycles. The molecule has 0 aliphatic carbocycles. The van der Waals surface area contributed by atoms with Gasteiger partial charge >= 0.3 is 0 Å². The highest BCUT2D eigenvalue weighted by atomic mass is 79.9. The van der Waals surface area contributed by atoms with Crippen LogP contribution in [0.15, 0.2) is 46.9 Å². The largest absolute Gasteiger partial charge is 0.330 e. The van der Waals surface area contributed by atoms with Crippen LogP contribution >= 0.6 is 15.9 Å². The van der Waals surface area contributed by atoms with Gasteiger partial charge in [-0.3, -0.25) is 4.79 Å². The fourth-order valence-electron chi connectivity index (χ4n) is 2.29. The minimum absolute atomic E-state index is 0.136. The summed E-state index contributed by atoms with van der Waals surface area (Å²) in [5.41, 5.74) is 2.70. The Labute approximate surface area is 119 Å². The molecule has 0 aromatic heterocycles. The van der Waals surface area contributed by atoms with Gasteiger partial charge in [0.2, 0.25) is 0 Å². The number of benzene rings is 2. The maximum Gasteiger partial charge on any atom is 0.254 e. The van der Waals surface area contributed by atoms with E-state index in [0.29, 0.717) is 23.1 Å². The third kappa shape index (κ3) is 2.28. The zero-order chi connectivity index (χ0) is 13.4. The monoisotopic (exact) mass is 319 g/mol. The van der Waals surface area contributed by atoms with E-state index in [1.807, 2.05) is 24.3 Å². The number of amides is 1. The van der Waals surface area contributed by atoms with Crippen molar-refractivity contribution in [1.29, 1.82) is 0 Å². The SMILES string of the molecule is O=C(c1ccc(Br)c(F)c1)N1Cc2ccccc2C1. The summed E-state index contributed by atoms with van der Waals surface area (Å²) in [5.74, 6) is -0.551. The zero-order valence-corrected chi connectivity index (χ0v) is 11.7. The highest BCUT2D eigenvalue weighted by molar-refractivity contribution is 9.10. The van der Waals surface area contributed by atoms with E-state index in [1.165, 1.54) is 6.07 Å². The molecule has 0 atom stereocenters. The maximum atomic E-state index is 13.5. The lowest BCUT2D eigenvalue weighted by Gasteiger charge is -2.15. The second-order valence-corrected chi connectivity index (χ2v) is 5.41. The Morgan fingerprint density at radius 2 is 1.74 bits per heavy atom. The summed E-state index contributed by atoms with van der Waals surface area (Å²) in [7, 11) is 0. The van der Waals surface area contributed by atoms with Gasteiger partial charge in [-0.2, -0.15) is 0 Å². The molecule has 1 amide bonds. The van der Waals surface area contributed by atoms with Crippen LogP contribution in [0.3, 0.4) is 0 Å². The summed E-state index contributed by atoms with van der Waals surface area (Å²) < 4.78 is 13.8. The van der Waals surface area contributed by atoms with Crippen molar-refractivity contribution in [2.24, 2.45) is 0 Å². The zero-order valence-electron chi connectivity index (χ0n) is 10.1. The van der Waals surface area contributed by atoms with E-state index in [2.05, 4.69) is 15.9 Å². The van der Waals surface area contributed by atoms with Crippen LogP contribution in [0.5, 0.6) is 0 Å². The van der Waals surface area contributed by atoms with Gasteiger partial charge in [0.15, 0.2) is 0 Å². The topological polar surface area (TPSA) is 20.3 Å². The van der Waals surface area contributed by atoms with E-state index < -0.39 is 5.82 Å². The fraction of sp³-hybridized carbons (Fsp3) is 0.133. The molecule has 2 nitrogen and oxygen atoms in total. The summed E-state index contributed by atoms with van der Waals surface area (Å²) >= 11 is 3.09. The highest BCUT2D eigenvalue weighted by Gasteiger charge is 2.24. The molecule has 1 aliphatic rings. The van der Waals surface area contributed by atoms with Gasteiger partial charge in [-0.1, -0.05) is 24.3 Å². The van der Waals surface area contributed by atoms with Crippen LogP contribution in [0.1, 0.15) is 21.5 Å². The number of fused-ring (bicyclic) bond motifs is 1. The van der Waals surface area contributed by atoms with Gasteiger partial charge in [0.05, 0.1) is 4.47 Å². The quantitative estimate of drug-likeness (QED) is 0.784. The lowest BCUT2D eigenvalue weighted by molar-refractivity contribution is 0.0751. The molecule has 0 spiro atoms. The molecular formula is C15H11BrFNO. The molecule has 1 heterocycles. The first-order valence-corrected chi connectivity index (χ1v) is 6.75. The summed E-state index contributed by atoms with van der Waals surface area (Å²) in [6.07, 6.45) is 0. The van der Waals surface area contributed by atoms with E-state index in [9.17, 15) is 9.18 Å². The van der Waals surface area contributed by atoms with Crippen molar-refractivity contribution in [3.8, 4) is 0 Å². The van der Waals surface area contributed by atoms with Crippen LogP contribution in [0.25, 0.3) is 0 Å². The van der Waals surface area contributed by atoms with Crippen molar-refractivity contribution in [2.45, 2.75) is 13.1 Å². The summed E-state index contributed by atoms with van der Waals surface area (Å²) in [6.45, 7) is 1.18. The first-order valence-electron chi connectivity index (χ1n) is 5.96. The number of carbonyl (C=O) groups is 1. The molecule has 2 aromatic carbocycles. The first kappa shape index (κ1) is 12.4. The Kier molecular flexibility index (Phi) is 3.11. The third-order valence-corrected chi connectivity index (χ3v) is 3.94. The van der Waals surface area contributed by atoms with Crippen molar-refractivity contribution in [3.05, 3.63) is 69.4 Å². The predicted octanol–water partition coefficient (Wildman–Crippen LogP) is 3.74. The molecule has 4 heteroatoms. The number of hydrogen-bond acceptors (Lipinski definition) is 1. The van der Waals surface area contributed by atoms with E-state index in [4.69, 9.17) is 0 Å². The minimum Gasteiger partial charge on any atom is -0.330 e. The number of nitrogens with zero attached hydrogens (tertiary/aromatic N) is 1. The average molecular weight is 320 g/mol. The Hall–Kier alpha value is -1.68. The molecule has 0 radical (unpaired) electrons. The summed E-state index contributed by atoms with van der Waals surface area (Å²) in [5, 5.41) is 0. The minimum atomic E-state index is -0.414. The molecular weight excluding hydrogens is 309 g/mol. The van der Waals surface area contributed by atoms with Gasteiger partial charge in [-0.25, -0.2) is 4.39 Å². The second kappa shape index (κ2) is 4.78. The van der Waals surface area contributed by atoms with Crippen LogP contribution in [-0.4, -0.2) is 10.8 Å². The van der Waals surface area contributed by atoms with Gasteiger partial charge in [-0.05, 0) is 45.3 Å². The average Bonchev–Trinajstić information content (AvgIpc) is 2.85. The highest BCUT2D eigenvalue weighted by Crippen LogP contribution is 2.25. The Bertz CT molecular complexity index is 631. The Balaban J connectivity index is 1.85. The molecule has 96 valence electrons. The van der Waals surface area contributed by atoms with Crippen LogP contribution in [0.2, 0.25) is 0 Å². The Morgan fingerprint density at radius 3 is 2.32 bits per heavy atom. The summed E-state index contributed by atoms with van der Waals surface area (Å²) in [6, 6.07) is 12.4. The van der Waals surface area contributed by atoms with E-state index >= 15 is 0 Å². The summed E-state index contributed by atoms with van der Waals surface area (Å²) in [4.78, 5) is 14.1. The molecule has 3 rings (SSSR count). The molecule has 0 N–H and O–H groups in total. The fourth-order valence-corrected chi connectivity index (χ4v) is 2.54. The van der Waals surface area contributed by atoms with Crippen LogP contribution in [-0.2, 0) is 13.1 Å². The lowest BCUT2D eigenvalue weighted by atomic mass is 10.1. The van der Waals surface area contributed by atoms with Crippen molar-refractivity contribution >= 4 is 21.8 Å². The standard InChI is InChI=1S/C15H11BrFNO/c16-13-6-5-10(7-14(13)17)15(19)18-8-11-3-1-2-4-12(11)9-18/h1-7H,8-9H2. The normalized spacial score (nSPS) is 13.5. The third-order valence-electron chi connectivity index (χ3n) is 3.29. The first-order chi connectivity index (χ1) is 9.15. The van der Waals surface area contributed by atoms with E-state index in [0.717, 1.165) is 11.1 Å². The number of rotatable bonds is 1. The van der Waals surface area contributed by atoms with E-state index in [-0.39, 0.29) is 5.91 Å². The number of hydrogen-bond donors (Lipinski definition) is 0. The molecule has 0 bridgehead atoms. The smallest absolute Gasteiger partial charge is 0.254 e. The van der Waals surface area contributed by atoms with Crippen LogP contribution in [0, 0.1) is 5.82 Å². The van der Waals surface area contributed by atoms with Gasteiger partial charge < -0.3 is 4.90 Å². The molecule has 2 aromatic rings. The molecule has 0 unspecified atom stereocenters. The second-order valence-electron chi connectivity index (χ2n) is 4.56. The predicted molar refractivity (Wildman–Crippen MR) is 74.1 cm³/mol. The number of carbonyl (C=O) groups excluding carboxylic acids is 1. The molecule has 0 fully saturated rings.